The summed E-state index contributed by atoms with van der Waals surface area (Å²) in [6.45, 7) is 4.76. The van der Waals surface area contributed by atoms with Crippen LogP contribution in [-0.4, -0.2) is 91.2 Å². The van der Waals surface area contributed by atoms with Gasteiger partial charge in [0.05, 0.1) is 25.3 Å². The van der Waals surface area contributed by atoms with Gasteiger partial charge >= 0.3 is 0 Å². The number of Topliss-reactive ketones (excluding diaryl/α,β-unsaturated/α-hetero) is 2. The fraction of sp³-hybridized carbons (Fsp3) is 0.517. The van der Waals surface area contributed by atoms with Gasteiger partial charge in [0, 0.05) is 54.9 Å². The van der Waals surface area contributed by atoms with E-state index in [1.54, 1.807) is 7.11 Å². The van der Waals surface area contributed by atoms with Crippen molar-refractivity contribution in [1.82, 2.24) is 15.1 Å². The number of rotatable bonds is 6. The molecule has 2 bridgehead atoms. The van der Waals surface area contributed by atoms with Crippen molar-refractivity contribution in [3.05, 3.63) is 45.2 Å². The van der Waals surface area contributed by atoms with Gasteiger partial charge < -0.3 is 24.6 Å². The highest BCUT2D eigenvalue weighted by atomic mass is 16.7. The fourth-order valence-corrected chi connectivity index (χ4v) is 7.06. The lowest BCUT2D eigenvalue weighted by Crippen LogP contribution is -2.71. The van der Waals surface area contributed by atoms with E-state index in [9.17, 15) is 24.8 Å². The number of hydrogen-bond acceptors (Lipinski definition) is 10. The third-order valence-corrected chi connectivity index (χ3v) is 8.73. The van der Waals surface area contributed by atoms with Crippen LogP contribution in [0.2, 0.25) is 0 Å². The van der Waals surface area contributed by atoms with E-state index in [0.29, 0.717) is 23.5 Å². The van der Waals surface area contributed by atoms with E-state index in [1.165, 1.54) is 21.0 Å². The van der Waals surface area contributed by atoms with Crippen LogP contribution in [-0.2, 0) is 25.5 Å². The van der Waals surface area contributed by atoms with Gasteiger partial charge in [-0.15, -0.1) is 0 Å². The van der Waals surface area contributed by atoms with Crippen LogP contribution in [0.15, 0.2) is 28.5 Å². The molecule has 11 heteroatoms. The SMILES string of the molecule is COCOc1c(OC)c(C)cc2c1[C@@H]1C3CC4=C(C(=O)C(=O)C(C)=C4O)C(CNC(C)=O)N3[C@@H](C#N)[C@@H](C2)N1C. The first-order valence-electron chi connectivity index (χ1n) is 13.2. The standard InChI is InChI=1S/C29H34N4O7/c1-13-7-16-8-18-20(10-30)33-19(24(32(18)4)22(16)29(28(13)39-6)40-12-38-5)9-17-23(21(33)11-31-15(3)34)27(37)26(36)14(2)25(17)35/h7,18-21,24,35H,8-9,11-12H2,1-6H3,(H,31,34)/t18-,19?,20+,21?,24+/m1/s1. The number of ether oxygens (including phenoxy) is 3. The van der Waals surface area contributed by atoms with Crippen LogP contribution in [0.5, 0.6) is 11.5 Å². The molecule has 3 aliphatic heterocycles. The minimum absolute atomic E-state index is 0.000180. The van der Waals surface area contributed by atoms with Gasteiger partial charge in [-0.25, -0.2) is 0 Å². The summed E-state index contributed by atoms with van der Waals surface area (Å²) in [6, 6.07) is 2.11. The molecule has 5 atom stereocenters. The van der Waals surface area contributed by atoms with Gasteiger partial charge in [0.2, 0.25) is 17.5 Å². The molecule has 0 saturated carbocycles. The first-order valence-corrected chi connectivity index (χ1v) is 13.2. The number of nitrogens with one attached hydrogen (secondary N) is 1. The van der Waals surface area contributed by atoms with Crippen LogP contribution in [0, 0.1) is 18.3 Å². The fourth-order valence-electron chi connectivity index (χ4n) is 7.06. The van der Waals surface area contributed by atoms with Crippen molar-refractivity contribution in [2.24, 2.45) is 0 Å². The van der Waals surface area contributed by atoms with Gasteiger partial charge in [0.1, 0.15) is 11.8 Å². The third kappa shape index (κ3) is 4.01. The smallest absolute Gasteiger partial charge is 0.232 e. The Bertz CT molecular complexity index is 1410. The molecule has 1 fully saturated rings. The van der Waals surface area contributed by atoms with E-state index >= 15 is 0 Å². The normalized spacial score (nSPS) is 28.0. The maximum Gasteiger partial charge on any atom is 0.232 e. The van der Waals surface area contributed by atoms with Crippen LogP contribution in [0.25, 0.3) is 0 Å². The van der Waals surface area contributed by atoms with Gasteiger partial charge in [-0.2, -0.15) is 5.26 Å². The quantitative estimate of drug-likeness (QED) is 0.305. The zero-order chi connectivity index (χ0) is 29.0. The van der Waals surface area contributed by atoms with Crippen molar-refractivity contribution in [3.63, 3.8) is 0 Å². The number of likely N-dealkylation sites (N-methyl/N-ethyl adjacent to an activating group) is 1. The number of amides is 1. The monoisotopic (exact) mass is 550 g/mol. The molecule has 1 amide bonds. The summed E-state index contributed by atoms with van der Waals surface area (Å²) in [5.74, 6) is -0.863. The first-order chi connectivity index (χ1) is 19.1. The number of ketones is 2. The topological polar surface area (TPSA) is 141 Å². The van der Waals surface area contributed by atoms with E-state index in [-0.39, 0.29) is 54.7 Å². The van der Waals surface area contributed by atoms with Crippen LogP contribution in [0.4, 0.5) is 0 Å². The third-order valence-electron chi connectivity index (χ3n) is 8.73. The molecule has 2 N–H and O–H groups in total. The number of nitriles is 1. The minimum Gasteiger partial charge on any atom is -0.507 e. The van der Waals surface area contributed by atoms with Crippen LogP contribution < -0.4 is 14.8 Å². The molecule has 0 radical (unpaired) electrons. The molecular formula is C29H34N4O7. The first kappa shape index (κ1) is 27.8. The second kappa shape index (κ2) is 10.4. The summed E-state index contributed by atoms with van der Waals surface area (Å²) in [5, 5.41) is 24.5. The van der Waals surface area contributed by atoms with Gasteiger partial charge in [-0.3, -0.25) is 24.2 Å². The summed E-state index contributed by atoms with van der Waals surface area (Å²) >= 11 is 0. The van der Waals surface area contributed by atoms with Gasteiger partial charge in [0.15, 0.2) is 18.3 Å². The zero-order valence-electron chi connectivity index (χ0n) is 23.5. The number of methoxy groups -OCH3 is 2. The van der Waals surface area contributed by atoms with E-state index < -0.39 is 29.7 Å². The van der Waals surface area contributed by atoms with Gasteiger partial charge in [-0.05, 0) is 44.9 Å². The van der Waals surface area contributed by atoms with Crippen molar-refractivity contribution in [2.45, 2.75) is 63.8 Å². The largest absolute Gasteiger partial charge is 0.507 e. The molecule has 40 heavy (non-hydrogen) atoms. The summed E-state index contributed by atoms with van der Waals surface area (Å²) in [7, 11) is 5.09. The Labute approximate surface area is 233 Å². The Hall–Kier alpha value is -3.72. The molecule has 0 aromatic heterocycles. The Kier molecular flexibility index (Phi) is 7.20. The molecular weight excluding hydrogens is 516 g/mol. The number of aliphatic hydroxyl groups is 1. The number of allylic oxidation sites excluding steroid dienone is 2. The summed E-state index contributed by atoms with van der Waals surface area (Å²) in [4.78, 5) is 42.4. The average Bonchev–Trinajstić information content (AvgIpc) is 2.92. The second-order valence-electron chi connectivity index (χ2n) is 10.8. The zero-order valence-corrected chi connectivity index (χ0v) is 23.5. The Morgan fingerprint density at radius 3 is 2.52 bits per heavy atom. The molecule has 11 nitrogen and oxygen atoms in total. The van der Waals surface area contributed by atoms with Crippen molar-refractivity contribution in [1.29, 1.82) is 5.26 Å². The van der Waals surface area contributed by atoms with Crippen molar-refractivity contribution in [3.8, 4) is 17.6 Å². The van der Waals surface area contributed by atoms with Crippen molar-refractivity contribution in [2.75, 3.05) is 34.6 Å². The van der Waals surface area contributed by atoms with Gasteiger partial charge in [-0.1, -0.05) is 6.07 Å². The number of carbonyl (C=O) groups excluding carboxylic acids is 3. The van der Waals surface area contributed by atoms with Crippen molar-refractivity contribution < 1.29 is 33.7 Å². The summed E-state index contributed by atoms with van der Waals surface area (Å²) in [6.07, 6.45) is 0.751. The molecule has 212 valence electrons. The molecule has 0 spiro atoms. The van der Waals surface area contributed by atoms with E-state index in [0.717, 1.165) is 16.7 Å². The number of fused-ring (bicyclic) bond motifs is 6. The molecule has 1 aromatic carbocycles. The maximum absolute atomic E-state index is 13.4. The summed E-state index contributed by atoms with van der Waals surface area (Å²) in [5.41, 5.74) is 3.35. The van der Waals surface area contributed by atoms with E-state index in [1.807, 2.05) is 18.9 Å². The molecule has 4 aliphatic rings. The highest BCUT2D eigenvalue weighted by molar-refractivity contribution is 6.50. The number of carbonyl (C=O) groups is 3. The Morgan fingerprint density at radius 2 is 1.90 bits per heavy atom. The van der Waals surface area contributed by atoms with E-state index in [2.05, 4.69) is 22.4 Å². The molecule has 1 saturated heterocycles. The predicted molar refractivity (Wildman–Crippen MR) is 143 cm³/mol. The predicted octanol–water partition coefficient (Wildman–Crippen LogP) is 1.65. The lowest BCUT2D eigenvalue weighted by atomic mass is 9.70. The number of nitrogens with zero attached hydrogens (tertiary/aromatic N) is 3. The number of hydrogen-bond donors (Lipinski definition) is 2. The highest BCUT2D eigenvalue weighted by Crippen LogP contribution is 2.54. The average molecular weight is 551 g/mol. The minimum atomic E-state index is -0.787. The van der Waals surface area contributed by atoms with E-state index in [4.69, 9.17) is 14.2 Å². The lowest BCUT2D eigenvalue weighted by Gasteiger charge is -2.60. The summed E-state index contributed by atoms with van der Waals surface area (Å²) < 4.78 is 17.1. The highest BCUT2D eigenvalue weighted by Gasteiger charge is 2.57. The van der Waals surface area contributed by atoms with Crippen LogP contribution >= 0.6 is 0 Å². The Morgan fingerprint density at radius 1 is 1.18 bits per heavy atom. The van der Waals surface area contributed by atoms with Crippen molar-refractivity contribution >= 4 is 17.5 Å². The maximum atomic E-state index is 13.4. The number of aliphatic hydroxyl groups excluding tert-OH is 1. The van der Waals surface area contributed by atoms with Crippen LogP contribution in [0.3, 0.4) is 0 Å². The van der Waals surface area contributed by atoms with Crippen LogP contribution in [0.1, 0.15) is 43.0 Å². The number of piperazine rings is 1. The molecule has 3 heterocycles. The number of aryl methyl sites for hydroxylation is 1. The number of benzene rings is 1. The molecule has 2 unspecified atom stereocenters. The molecule has 1 aliphatic carbocycles. The van der Waals surface area contributed by atoms with Gasteiger partial charge in [0.25, 0.3) is 0 Å². The molecule has 1 aromatic rings. The Balaban J connectivity index is 1.76. The molecule has 5 rings (SSSR count). The lowest BCUT2D eigenvalue weighted by molar-refractivity contribution is -0.134. The second-order valence-corrected chi connectivity index (χ2v) is 10.8.